The van der Waals surface area contributed by atoms with Crippen LogP contribution in [0.5, 0.6) is 5.88 Å². The molecule has 144 valence electrons. The van der Waals surface area contributed by atoms with Crippen LogP contribution in [0.1, 0.15) is 23.7 Å². The zero-order chi connectivity index (χ0) is 19.4. The standard InChI is InChI=1S/C21H28N4O2/c1-5-17-14-19(20(27-4)22-16(17)3)23-21(26)25-12-10-24(11-13-25)18-8-6-15(2)7-9-18/h6-9,14H,5,10-13H2,1-4H3,(H,23,26). The van der Waals surface area contributed by atoms with Gasteiger partial charge in [0.1, 0.15) is 5.69 Å². The summed E-state index contributed by atoms with van der Waals surface area (Å²) in [6, 6.07) is 10.4. The first kappa shape index (κ1) is 19.0. The number of pyridine rings is 1. The number of amides is 2. The maximum absolute atomic E-state index is 12.7. The van der Waals surface area contributed by atoms with E-state index in [2.05, 4.69) is 53.3 Å². The lowest BCUT2D eigenvalue weighted by atomic mass is 10.1. The molecule has 0 atom stereocenters. The third-order valence-corrected chi connectivity index (χ3v) is 5.06. The normalized spacial score (nSPS) is 14.2. The smallest absolute Gasteiger partial charge is 0.322 e. The highest BCUT2D eigenvalue weighted by atomic mass is 16.5. The topological polar surface area (TPSA) is 57.7 Å². The Hall–Kier alpha value is -2.76. The number of carbonyl (C=O) groups is 1. The highest BCUT2D eigenvalue weighted by Gasteiger charge is 2.22. The van der Waals surface area contributed by atoms with E-state index in [0.29, 0.717) is 24.7 Å². The Morgan fingerprint density at radius 3 is 2.41 bits per heavy atom. The monoisotopic (exact) mass is 368 g/mol. The van der Waals surface area contributed by atoms with Crippen LogP contribution < -0.4 is 15.0 Å². The number of piperazine rings is 1. The van der Waals surface area contributed by atoms with Crippen molar-refractivity contribution >= 4 is 17.4 Å². The van der Waals surface area contributed by atoms with Crippen molar-refractivity contribution in [2.75, 3.05) is 43.5 Å². The summed E-state index contributed by atoms with van der Waals surface area (Å²) in [6.45, 7) is 9.12. The maximum atomic E-state index is 12.7. The van der Waals surface area contributed by atoms with Gasteiger partial charge in [0.25, 0.3) is 0 Å². The van der Waals surface area contributed by atoms with Gasteiger partial charge in [-0.15, -0.1) is 0 Å². The molecule has 0 radical (unpaired) electrons. The largest absolute Gasteiger partial charge is 0.480 e. The molecule has 6 nitrogen and oxygen atoms in total. The molecule has 27 heavy (non-hydrogen) atoms. The number of hydrogen-bond donors (Lipinski definition) is 1. The second-order valence-corrected chi connectivity index (χ2v) is 6.88. The Morgan fingerprint density at radius 2 is 1.81 bits per heavy atom. The molecule has 1 aliphatic heterocycles. The van der Waals surface area contributed by atoms with Crippen molar-refractivity contribution in [3.05, 3.63) is 47.2 Å². The molecule has 1 aliphatic rings. The van der Waals surface area contributed by atoms with Crippen LogP contribution in [0.15, 0.2) is 30.3 Å². The molecule has 1 fully saturated rings. The highest BCUT2D eigenvalue weighted by Crippen LogP contribution is 2.26. The predicted molar refractivity (Wildman–Crippen MR) is 109 cm³/mol. The van der Waals surface area contributed by atoms with Crippen molar-refractivity contribution < 1.29 is 9.53 Å². The van der Waals surface area contributed by atoms with Gasteiger partial charge in [-0.3, -0.25) is 0 Å². The number of rotatable bonds is 4. The molecule has 1 aromatic carbocycles. The fourth-order valence-electron chi connectivity index (χ4n) is 3.35. The van der Waals surface area contributed by atoms with Gasteiger partial charge in [0, 0.05) is 37.6 Å². The van der Waals surface area contributed by atoms with E-state index in [1.54, 1.807) is 7.11 Å². The van der Waals surface area contributed by atoms with Crippen molar-refractivity contribution in [1.82, 2.24) is 9.88 Å². The summed E-state index contributed by atoms with van der Waals surface area (Å²) in [5.74, 6) is 0.455. The molecule has 3 rings (SSSR count). The van der Waals surface area contributed by atoms with Crippen molar-refractivity contribution in [2.24, 2.45) is 0 Å². The molecule has 1 aromatic heterocycles. The van der Waals surface area contributed by atoms with Crippen LogP contribution in [0.4, 0.5) is 16.2 Å². The third-order valence-electron chi connectivity index (χ3n) is 5.06. The van der Waals surface area contributed by atoms with E-state index >= 15 is 0 Å². The quantitative estimate of drug-likeness (QED) is 0.895. The van der Waals surface area contributed by atoms with Crippen LogP contribution in [-0.4, -0.2) is 49.2 Å². The molecule has 6 heteroatoms. The fourth-order valence-corrected chi connectivity index (χ4v) is 3.35. The van der Waals surface area contributed by atoms with Crippen LogP contribution in [0.25, 0.3) is 0 Å². The average Bonchev–Trinajstić information content (AvgIpc) is 2.69. The van der Waals surface area contributed by atoms with Crippen LogP contribution in [0, 0.1) is 13.8 Å². The molecule has 0 bridgehead atoms. The second kappa shape index (κ2) is 8.29. The molecule has 2 heterocycles. The molecule has 2 aromatic rings. The van der Waals surface area contributed by atoms with Crippen molar-refractivity contribution in [2.45, 2.75) is 27.2 Å². The van der Waals surface area contributed by atoms with E-state index in [4.69, 9.17) is 4.74 Å². The van der Waals surface area contributed by atoms with Crippen molar-refractivity contribution in [3.8, 4) is 5.88 Å². The molecule has 0 spiro atoms. The number of urea groups is 1. The van der Waals surface area contributed by atoms with Gasteiger partial charge in [0.15, 0.2) is 0 Å². The predicted octanol–water partition coefficient (Wildman–Crippen LogP) is 3.62. The van der Waals surface area contributed by atoms with Crippen molar-refractivity contribution in [1.29, 1.82) is 0 Å². The lowest BCUT2D eigenvalue weighted by molar-refractivity contribution is 0.208. The summed E-state index contributed by atoms with van der Waals surface area (Å²) < 4.78 is 5.35. The summed E-state index contributed by atoms with van der Waals surface area (Å²) in [5, 5.41) is 2.98. The van der Waals surface area contributed by atoms with Gasteiger partial charge < -0.3 is 19.9 Å². The number of ether oxygens (including phenoxy) is 1. The van der Waals surface area contributed by atoms with E-state index < -0.39 is 0 Å². The summed E-state index contributed by atoms with van der Waals surface area (Å²) in [5.41, 5.74) is 5.13. The van der Waals surface area contributed by atoms with Gasteiger partial charge in [0.05, 0.1) is 7.11 Å². The minimum absolute atomic E-state index is 0.107. The minimum atomic E-state index is -0.107. The van der Waals surface area contributed by atoms with E-state index in [9.17, 15) is 4.79 Å². The third kappa shape index (κ3) is 4.32. The molecule has 0 aliphatic carbocycles. The van der Waals surface area contributed by atoms with Crippen molar-refractivity contribution in [3.63, 3.8) is 0 Å². The summed E-state index contributed by atoms with van der Waals surface area (Å²) in [4.78, 5) is 21.3. The van der Waals surface area contributed by atoms with Crippen LogP contribution in [0.2, 0.25) is 0 Å². The van der Waals surface area contributed by atoms with Gasteiger partial charge in [-0.2, -0.15) is 0 Å². The zero-order valence-corrected chi connectivity index (χ0v) is 16.6. The number of aromatic nitrogens is 1. The number of anilines is 2. The molecule has 0 saturated carbocycles. The van der Waals surface area contributed by atoms with E-state index in [-0.39, 0.29) is 6.03 Å². The Bertz CT molecular complexity index is 797. The molecular weight excluding hydrogens is 340 g/mol. The first-order valence-electron chi connectivity index (χ1n) is 9.44. The number of nitrogens with one attached hydrogen (secondary N) is 1. The van der Waals surface area contributed by atoms with Gasteiger partial charge in [-0.05, 0) is 44.0 Å². The molecule has 1 N–H and O–H groups in total. The Kier molecular flexibility index (Phi) is 5.84. The lowest BCUT2D eigenvalue weighted by Gasteiger charge is -2.36. The van der Waals surface area contributed by atoms with Gasteiger partial charge in [-0.25, -0.2) is 9.78 Å². The SMILES string of the molecule is CCc1cc(NC(=O)N2CCN(c3ccc(C)cc3)CC2)c(OC)nc1C. The summed E-state index contributed by atoms with van der Waals surface area (Å²) in [7, 11) is 1.57. The van der Waals surface area contributed by atoms with Crippen LogP contribution >= 0.6 is 0 Å². The molecule has 2 amide bonds. The Morgan fingerprint density at radius 1 is 1.15 bits per heavy atom. The Labute approximate surface area is 161 Å². The van der Waals surface area contributed by atoms with E-state index in [1.807, 2.05) is 17.9 Å². The average molecular weight is 368 g/mol. The second-order valence-electron chi connectivity index (χ2n) is 6.88. The van der Waals surface area contributed by atoms with Crippen LogP contribution in [-0.2, 0) is 6.42 Å². The number of aryl methyl sites for hydroxylation is 3. The summed E-state index contributed by atoms with van der Waals surface area (Å²) >= 11 is 0. The zero-order valence-electron chi connectivity index (χ0n) is 16.6. The van der Waals surface area contributed by atoms with E-state index in [0.717, 1.165) is 30.8 Å². The number of benzene rings is 1. The number of carbonyl (C=O) groups excluding carboxylic acids is 1. The first-order chi connectivity index (χ1) is 13.0. The Balaban J connectivity index is 1.64. The van der Waals surface area contributed by atoms with Gasteiger partial charge >= 0.3 is 6.03 Å². The lowest BCUT2D eigenvalue weighted by Crippen LogP contribution is -2.50. The highest BCUT2D eigenvalue weighted by molar-refractivity contribution is 5.91. The number of methoxy groups -OCH3 is 1. The number of hydrogen-bond acceptors (Lipinski definition) is 4. The van der Waals surface area contributed by atoms with E-state index in [1.165, 1.54) is 11.3 Å². The molecular formula is C21H28N4O2. The molecule has 0 unspecified atom stereocenters. The summed E-state index contributed by atoms with van der Waals surface area (Å²) in [6.07, 6.45) is 0.862. The van der Waals surface area contributed by atoms with Crippen LogP contribution in [0.3, 0.4) is 0 Å². The molecule has 1 saturated heterocycles. The minimum Gasteiger partial charge on any atom is -0.480 e. The number of nitrogens with zero attached hydrogens (tertiary/aromatic N) is 3. The first-order valence-corrected chi connectivity index (χ1v) is 9.44. The van der Waals surface area contributed by atoms with Gasteiger partial charge in [0.2, 0.25) is 5.88 Å². The maximum Gasteiger partial charge on any atom is 0.322 e. The fraction of sp³-hybridized carbons (Fsp3) is 0.429. The van der Waals surface area contributed by atoms with Gasteiger partial charge in [-0.1, -0.05) is 24.6 Å².